The van der Waals surface area contributed by atoms with Crippen LogP contribution in [0.2, 0.25) is 5.02 Å². The lowest BCUT2D eigenvalue weighted by Crippen LogP contribution is -2.46. The third kappa shape index (κ3) is 3.27. The lowest BCUT2D eigenvalue weighted by atomic mass is 9.79. The molecule has 1 aromatic heterocycles. The molecule has 1 aromatic carbocycles. The first kappa shape index (κ1) is 14.5. The van der Waals surface area contributed by atoms with E-state index in [-0.39, 0.29) is 5.54 Å². The van der Waals surface area contributed by atoms with E-state index in [2.05, 4.69) is 15.5 Å². The van der Waals surface area contributed by atoms with Crippen molar-refractivity contribution in [1.82, 2.24) is 15.5 Å². The van der Waals surface area contributed by atoms with E-state index in [0.29, 0.717) is 16.7 Å². The standard InChI is InChI=1S/C16H20ClN3O/c1-18-16(8-3-2-4-9-16)11-14-19-15(20-21-14)12-6-5-7-13(17)10-12/h5-7,10,18H,2-4,8-9,11H2,1H3. The van der Waals surface area contributed by atoms with Crippen molar-refractivity contribution >= 4 is 11.6 Å². The molecule has 1 aliphatic rings. The smallest absolute Gasteiger partial charge is 0.228 e. The van der Waals surface area contributed by atoms with Gasteiger partial charge in [-0.15, -0.1) is 0 Å². The average Bonchev–Trinajstić information content (AvgIpc) is 2.96. The average molecular weight is 306 g/mol. The number of nitrogens with zero attached hydrogens (tertiary/aromatic N) is 2. The Bertz CT molecular complexity index is 605. The molecular formula is C16H20ClN3O. The van der Waals surface area contributed by atoms with Crippen molar-refractivity contribution in [1.29, 1.82) is 0 Å². The second kappa shape index (κ2) is 6.16. The van der Waals surface area contributed by atoms with E-state index in [1.807, 2.05) is 31.3 Å². The Balaban J connectivity index is 1.78. The van der Waals surface area contributed by atoms with Crippen molar-refractivity contribution in [2.24, 2.45) is 0 Å². The van der Waals surface area contributed by atoms with E-state index in [4.69, 9.17) is 16.1 Å². The molecule has 0 saturated heterocycles. The van der Waals surface area contributed by atoms with Crippen LogP contribution in [-0.4, -0.2) is 22.7 Å². The maximum absolute atomic E-state index is 6.01. The van der Waals surface area contributed by atoms with Gasteiger partial charge in [-0.1, -0.05) is 48.2 Å². The van der Waals surface area contributed by atoms with Gasteiger partial charge in [-0.2, -0.15) is 4.98 Å². The molecule has 3 rings (SSSR count). The zero-order valence-electron chi connectivity index (χ0n) is 12.2. The van der Waals surface area contributed by atoms with Crippen molar-refractivity contribution in [3.05, 3.63) is 35.2 Å². The number of hydrogen-bond donors (Lipinski definition) is 1. The van der Waals surface area contributed by atoms with Gasteiger partial charge < -0.3 is 9.84 Å². The van der Waals surface area contributed by atoms with Crippen LogP contribution in [0.25, 0.3) is 11.4 Å². The molecule has 1 saturated carbocycles. The zero-order chi connectivity index (χ0) is 14.7. The summed E-state index contributed by atoms with van der Waals surface area (Å²) in [5.41, 5.74) is 0.996. The predicted molar refractivity (Wildman–Crippen MR) is 83.3 cm³/mol. The Labute approximate surface area is 129 Å². The largest absolute Gasteiger partial charge is 0.339 e. The molecule has 1 aliphatic carbocycles. The van der Waals surface area contributed by atoms with Crippen molar-refractivity contribution in [3.8, 4) is 11.4 Å². The van der Waals surface area contributed by atoms with Crippen molar-refractivity contribution < 1.29 is 4.52 Å². The van der Waals surface area contributed by atoms with E-state index < -0.39 is 0 Å². The minimum Gasteiger partial charge on any atom is -0.339 e. The molecule has 1 N–H and O–H groups in total. The molecule has 0 unspecified atom stereocenters. The topological polar surface area (TPSA) is 51.0 Å². The van der Waals surface area contributed by atoms with Crippen LogP contribution in [0, 0.1) is 0 Å². The zero-order valence-corrected chi connectivity index (χ0v) is 13.0. The highest BCUT2D eigenvalue weighted by molar-refractivity contribution is 6.30. The Hall–Kier alpha value is -1.39. The molecule has 0 aliphatic heterocycles. The molecular weight excluding hydrogens is 286 g/mol. The number of benzene rings is 1. The van der Waals surface area contributed by atoms with Crippen LogP contribution >= 0.6 is 11.6 Å². The van der Waals surface area contributed by atoms with Gasteiger partial charge in [0.1, 0.15) is 0 Å². The number of nitrogens with one attached hydrogen (secondary N) is 1. The van der Waals surface area contributed by atoms with Crippen LogP contribution in [0.4, 0.5) is 0 Å². The van der Waals surface area contributed by atoms with Crippen LogP contribution < -0.4 is 5.32 Å². The lowest BCUT2D eigenvalue weighted by Gasteiger charge is -2.36. The van der Waals surface area contributed by atoms with E-state index in [0.717, 1.165) is 12.0 Å². The highest BCUT2D eigenvalue weighted by Gasteiger charge is 2.32. The lowest BCUT2D eigenvalue weighted by molar-refractivity contribution is 0.221. The minimum absolute atomic E-state index is 0.108. The molecule has 0 radical (unpaired) electrons. The Kier molecular flexibility index (Phi) is 4.27. The van der Waals surface area contributed by atoms with E-state index in [9.17, 15) is 0 Å². The number of halogens is 1. The van der Waals surface area contributed by atoms with Crippen LogP contribution in [0.15, 0.2) is 28.8 Å². The van der Waals surface area contributed by atoms with E-state index in [1.54, 1.807) is 0 Å². The highest BCUT2D eigenvalue weighted by Crippen LogP contribution is 2.31. The molecule has 112 valence electrons. The summed E-state index contributed by atoms with van der Waals surface area (Å²) < 4.78 is 5.44. The van der Waals surface area contributed by atoms with Gasteiger partial charge >= 0.3 is 0 Å². The Morgan fingerprint density at radius 1 is 1.29 bits per heavy atom. The summed E-state index contributed by atoms with van der Waals surface area (Å²) in [6.07, 6.45) is 6.96. The third-order valence-corrected chi connectivity index (χ3v) is 4.62. The number of hydrogen-bond acceptors (Lipinski definition) is 4. The quantitative estimate of drug-likeness (QED) is 0.932. The van der Waals surface area contributed by atoms with E-state index >= 15 is 0 Å². The summed E-state index contributed by atoms with van der Waals surface area (Å²) in [7, 11) is 2.03. The highest BCUT2D eigenvalue weighted by atomic mass is 35.5. The molecule has 1 fully saturated rings. The van der Waals surface area contributed by atoms with Crippen LogP contribution in [0.3, 0.4) is 0 Å². The predicted octanol–water partition coefficient (Wildman–Crippen LogP) is 3.85. The van der Waals surface area contributed by atoms with Crippen LogP contribution in [0.5, 0.6) is 0 Å². The Morgan fingerprint density at radius 3 is 2.81 bits per heavy atom. The number of likely N-dealkylation sites (N-methyl/N-ethyl adjacent to an activating group) is 1. The van der Waals surface area contributed by atoms with Gasteiger partial charge in [0, 0.05) is 22.5 Å². The first-order valence-corrected chi connectivity index (χ1v) is 7.86. The molecule has 0 amide bonds. The van der Waals surface area contributed by atoms with Gasteiger partial charge in [-0.25, -0.2) is 0 Å². The summed E-state index contributed by atoms with van der Waals surface area (Å²) in [5.74, 6) is 1.30. The van der Waals surface area contributed by atoms with Gasteiger partial charge in [0.15, 0.2) is 0 Å². The maximum atomic E-state index is 6.01. The number of aromatic nitrogens is 2. The van der Waals surface area contributed by atoms with Crippen molar-refractivity contribution in [3.63, 3.8) is 0 Å². The molecule has 0 spiro atoms. The second-order valence-corrected chi connectivity index (χ2v) is 6.23. The van der Waals surface area contributed by atoms with Crippen molar-refractivity contribution in [2.45, 2.75) is 44.1 Å². The summed E-state index contributed by atoms with van der Waals surface area (Å²) in [6, 6.07) is 7.52. The fourth-order valence-electron chi connectivity index (χ4n) is 3.10. The van der Waals surface area contributed by atoms with E-state index in [1.165, 1.54) is 32.1 Å². The van der Waals surface area contributed by atoms with Crippen LogP contribution in [0.1, 0.15) is 38.0 Å². The normalized spacial score (nSPS) is 17.8. The summed E-state index contributed by atoms with van der Waals surface area (Å²) in [5, 5.41) is 8.24. The van der Waals surface area contributed by atoms with Gasteiger partial charge in [0.2, 0.25) is 11.7 Å². The minimum atomic E-state index is 0.108. The molecule has 2 aromatic rings. The third-order valence-electron chi connectivity index (χ3n) is 4.38. The van der Waals surface area contributed by atoms with Crippen molar-refractivity contribution in [2.75, 3.05) is 7.05 Å². The summed E-state index contributed by atoms with van der Waals surface area (Å²) >= 11 is 6.01. The molecule has 21 heavy (non-hydrogen) atoms. The first-order valence-electron chi connectivity index (χ1n) is 7.48. The van der Waals surface area contributed by atoms with Gasteiger partial charge in [-0.05, 0) is 32.0 Å². The monoisotopic (exact) mass is 305 g/mol. The second-order valence-electron chi connectivity index (χ2n) is 5.79. The van der Waals surface area contributed by atoms with Gasteiger partial charge in [-0.3, -0.25) is 0 Å². The van der Waals surface area contributed by atoms with Gasteiger partial charge in [0.25, 0.3) is 0 Å². The molecule has 0 atom stereocenters. The molecule has 0 bridgehead atoms. The fraction of sp³-hybridized carbons (Fsp3) is 0.500. The summed E-state index contributed by atoms with van der Waals surface area (Å²) in [4.78, 5) is 4.53. The summed E-state index contributed by atoms with van der Waals surface area (Å²) in [6.45, 7) is 0. The number of rotatable bonds is 4. The Morgan fingerprint density at radius 2 is 2.10 bits per heavy atom. The fourth-order valence-corrected chi connectivity index (χ4v) is 3.29. The SMILES string of the molecule is CNC1(Cc2nc(-c3cccc(Cl)c3)no2)CCCCC1. The van der Waals surface area contributed by atoms with Crippen LogP contribution in [-0.2, 0) is 6.42 Å². The molecule has 5 heteroatoms. The van der Waals surface area contributed by atoms with Gasteiger partial charge in [0.05, 0.1) is 0 Å². The first-order chi connectivity index (χ1) is 10.2. The maximum Gasteiger partial charge on any atom is 0.228 e. The molecule has 1 heterocycles. The molecule has 4 nitrogen and oxygen atoms in total.